The van der Waals surface area contributed by atoms with Gasteiger partial charge in [0.15, 0.2) is 6.61 Å². The number of carbonyl (C=O) groups is 3. The summed E-state index contributed by atoms with van der Waals surface area (Å²) in [5.74, 6) is -0.541. The Morgan fingerprint density at radius 2 is 2.15 bits per heavy atom. The summed E-state index contributed by atoms with van der Waals surface area (Å²) in [4.78, 5) is 35.2. The minimum Gasteiger partial charge on any atom is -0.484 e. The Labute approximate surface area is 149 Å². The maximum atomic E-state index is 12.1. The number of hydrogen-bond donors (Lipinski definition) is 2. The van der Waals surface area contributed by atoms with Gasteiger partial charge in [-0.3, -0.25) is 24.4 Å². The zero-order valence-electron chi connectivity index (χ0n) is 14.4. The standard InChI is InChI=1S/C18H20N4O4/c1-22-14-8-11(26-9-16(24)19-10-2-3-10)4-5-12(14)17(21-22)13-6-7-15(23)20-18(13)25/h4-5,8,10,13H,2-3,6-7,9H2,1H3,(H,19,24)(H,20,23,25). The molecular formula is C18H20N4O4. The quantitative estimate of drug-likeness (QED) is 0.770. The van der Waals surface area contributed by atoms with Gasteiger partial charge in [-0.2, -0.15) is 5.10 Å². The van der Waals surface area contributed by atoms with Gasteiger partial charge in [-0.25, -0.2) is 0 Å². The van der Waals surface area contributed by atoms with E-state index in [1.165, 1.54) is 0 Å². The molecule has 136 valence electrons. The summed E-state index contributed by atoms with van der Waals surface area (Å²) in [5, 5.41) is 10.6. The van der Waals surface area contributed by atoms with Crippen LogP contribution in [0, 0.1) is 0 Å². The Balaban J connectivity index is 1.53. The number of aromatic nitrogens is 2. The van der Waals surface area contributed by atoms with E-state index < -0.39 is 5.92 Å². The average molecular weight is 356 g/mol. The molecule has 1 saturated carbocycles. The number of fused-ring (bicyclic) bond motifs is 1. The van der Waals surface area contributed by atoms with Crippen LogP contribution in [0.25, 0.3) is 10.9 Å². The zero-order valence-corrected chi connectivity index (χ0v) is 14.4. The lowest BCUT2D eigenvalue weighted by atomic mass is 9.93. The summed E-state index contributed by atoms with van der Waals surface area (Å²) >= 11 is 0. The van der Waals surface area contributed by atoms with Gasteiger partial charge < -0.3 is 10.1 Å². The molecule has 3 amide bonds. The summed E-state index contributed by atoms with van der Waals surface area (Å²) in [6.07, 6.45) is 2.84. The molecule has 2 fully saturated rings. The lowest BCUT2D eigenvalue weighted by molar-refractivity contribution is -0.134. The Bertz CT molecular complexity index is 900. The monoisotopic (exact) mass is 356 g/mol. The molecule has 4 rings (SSSR count). The second kappa shape index (κ2) is 6.44. The van der Waals surface area contributed by atoms with Crippen molar-refractivity contribution >= 4 is 28.6 Å². The van der Waals surface area contributed by atoms with Crippen molar-refractivity contribution in [3.05, 3.63) is 23.9 Å². The highest BCUT2D eigenvalue weighted by molar-refractivity contribution is 6.02. The number of aryl methyl sites for hydroxylation is 1. The molecule has 1 aromatic heterocycles. The molecular weight excluding hydrogens is 336 g/mol. The maximum Gasteiger partial charge on any atom is 0.258 e. The summed E-state index contributed by atoms with van der Waals surface area (Å²) < 4.78 is 7.26. The first kappa shape index (κ1) is 16.6. The number of nitrogens with one attached hydrogen (secondary N) is 2. The zero-order chi connectivity index (χ0) is 18.3. The van der Waals surface area contributed by atoms with Crippen LogP contribution in [0.4, 0.5) is 0 Å². The van der Waals surface area contributed by atoms with Gasteiger partial charge >= 0.3 is 0 Å². The van der Waals surface area contributed by atoms with Crippen LogP contribution < -0.4 is 15.4 Å². The Morgan fingerprint density at radius 3 is 2.88 bits per heavy atom. The van der Waals surface area contributed by atoms with Gasteiger partial charge in [-0.15, -0.1) is 0 Å². The van der Waals surface area contributed by atoms with Crippen molar-refractivity contribution in [2.24, 2.45) is 7.05 Å². The lowest BCUT2D eigenvalue weighted by Gasteiger charge is -2.19. The van der Waals surface area contributed by atoms with Crippen molar-refractivity contribution in [1.82, 2.24) is 20.4 Å². The summed E-state index contributed by atoms with van der Waals surface area (Å²) in [6, 6.07) is 5.73. The highest BCUT2D eigenvalue weighted by Crippen LogP contribution is 2.31. The number of amides is 3. The van der Waals surface area contributed by atoms with Crippen molar-refractivity contribution in [2.75, 3.05) is 6.61 Å². The van der Waals surface area contributed by atoms with Crippen LogP contribution in [-0.4, -0.2) is 40.2 Å². The number of hydrogen-bond acceptors (Lipinski definition) is 5. The van der Waals surface area contributed by atoms with E-state index in [1.54, 1.807) is 17.8 Å². The molecule has 8 nitrogen and oxygen atoms in total. The highest BCUT2D eigenvalue weighted by Gasteiger charge is 2.31. The predicted molar refractivity (Wildman–Crippen MR) is 92.5 cm³/mol. The van der Waals surface area contributed by atoms with Gasteiger partial charge in [0, 0.05) is 31.0 Å². The van der Waals surface area contributed by atoms with Crippen LogP contribution >= 0.6 is 0 Å². The smallest absolute Gasteiger partial charge is 0.258 e. The number of piperidine rings is 1. The van der Waals surface area contributed by atoms with Crippen LogP contribution in [-0.2, 0) is 21.4 Å². The van der Waals surface area contributed by atoms with E-state index in [0.717, 1.165) is 23.7 Å². The first-order chi connectivity index (χ1) is 12.5. The molecule has 0 bridgehead atoms. The lowest BCUT2D eigenvalue weighted by Crippen LogP contribution is -2.39. The van der Waals surface area contributed by atoms with Crippen molar-refractivity contribution in [1.29, 1.82) is 0 Å². The third kappa shape index (κ3) is 3.26. The van der Waals surface area contributed by atoms with E-state index >= 15 is 0 Å². The van der Waals surface area contributed by atoms with Crippen LogP contribution in [0.3, 0.4) is 0 Å². The predicted octanol–water partition coefficient (Wildman–Crippen LogP) is 0.751. The number of carbonyl (C=O) groups excluding carboxylic acids is 3. The molecule has 8 heteroatoms. The SMILES string of the molecule is Cn1nc(C2CCC(=O)NC2=O)c2ccc(OCC(=O)NC3CC3)cc21. The van der Waals surface area contributed by atoms with Crippen LogP contribution in [0.1, 0.15) is 37.3 Å². The van der Waals surface area contributed by atoms with Crippen molar-refractivity contribution < 1.29 is 19.1 Å². The number of benzene rings is 1. The van der Waals surface area contributed by atoms with E-state index in [2.05, 4.69) is 15.7 Å². The Morgan fingerprint density at radius 1 is 1.35 bits per heavy atom. The molecule has 2 aliphatic rings. The summed E-state index contributed by atoms with van der Waals surface area (Å²) in [5.41, 5.74) is 1.47. The van der Waals surface area contributed by atoms with Gasteiger partial charge in [0.05, 0.1) is 17.1 Å². The van der Waals surface area contributed by atoms with Gasteiger partial charge in [0.1, 0.15) is 5.75 Å². The molecule has 1 unspecified atom stereocenters. The number of nitrogens with zero attached hydrogens (tertiary/aromatic N) is 2. The fraction of sp³-hybridized carbons (Fsp3) is 0.444. The molecule has 2 aromatic rings. The van der Waals surface area contributed by atoms with Crippen molar-refractivity contribution in [2.45, 2.75) is 37.6 Å². The van der Waals surface area contributed by atoms with E-state index in [1.807, 2.05) is 12.1 Å². The Kier molecular flexibility index (Phi) is 4.10. The van der Waals surface area contributed by atoms with E-state index in [9.17, 15) is 14.4 Å². The number of imide groups is 1. The first-order valence-corrected chi connectivity index (χ1v) is 8.74. The van der Waals surface area contributed by atoms with Gasteiger partial charge in [0.25, 0.3) is 5.91 Å². The normalized spacial score (nSPS) is 20.1. The first-order valence-electron chi connectivity index (χ1n) is 8.74. The summed E-state index contributed by atoms with van der Waals surface area (Å²) in [6.45, 7) is -0.0279. The average Bonchev–Trinajstić information content (AvgIpc) is 3.36. The fourth-order valence-corrected chi connectivity index (χ4v) is 3.21. The highest BCUT2D eigenvalue weighted by atomic mass is 16.5. The fourth-order valence-electron chi connectivity index (χ4n) is 3.21. The molecule has 0 radical (unpaired) electrons. The van der Waals surface area contributed by atoms with E-state index in [-0.39, 0.29) is 24.3 Å². The molecule has 1 saturated heterocycles. The topological polar surface area (TPSA) is 102 Å². The summed E-state index contributed by atoms with van der Waals surface area (Å²) in [7, 11) is 1.79. The van der Waals surface area contributed by atoms with E-state index in [0.29, 0.717) is 30.3 Å². The molecule has 1 aromatic carbocycles. The molecule has 1 aliphatic carbocycles. The largest absolute Gasteiger partial charge is 0.484 e. The minimum atomic E-state index is -0.438. The van der Waals surface area contributed by atoms with Crippen LogP contribution in [0.2, 0.25) is 0 Å². The molecule has 1 atom stereocenters. The van der Waals surface area contributed by atoms with Crippen LogP contribution in [0.5, 0.6) is 5.75 Å². The van der Waals surface area contributed by atoms with Crippen molar-refractivity contribution in [3.63, 3.8) is 0 Å². The van der Waals surface area contributed by atoms with Crippen molar-refractivity contribution in [3.8, 4) is 5.75 Å². The van der Waals surface area contributed by atoms with Gasteiger partial charge in [0.2, 0.25) is 11.8 Å². The second-order valence-electron chi connectivity index (χ2n) is 6.82. The van der Waals surface area contributed by atoms with E-state index in [4.69, 9.17) is 4.74 Å². The molecule has 26 heavy (non-hydrogen) atoms. The molecule has 2 heterocycles. The molecule has 1 aliphatic heterocycles. The number of ether oxygens (including phenoxy) is 1. The van der Waals surface area contributed by atoms with Gasteiger partial charge in [-0.1, -0.05) is 0 Å². The number of rotatable bonds is 5. The maximum absolute atomic E-state index is 12.1. The molecule has 0 spiro atoms. The third-order valence-corrected chi connectivity index (χ3v) is 4.73. The Hall–Kier alpha value is -2.90. The molecule has 2 N–H and O–H groups in total. The third-order valence-electron chi connectivity index (χ3n) is 4.73. The van der Waals surface area contributed by atoms with Gasteiger partial charge in [-0.05, 0) is 31.4 Å². The van der Waals surface area contributed by atoms with Crippen LogP contribution in [0.15, 0.2) is 18.2 Å². The minimum absolute atomic E-state index is 0.0279. The second-order valence-corrected chi connectivity index (χ2v) is 6.82.